The molecule has 1 nitrogen and oxygen atoms in total. The van der Waals surface area contributed by atoms with E-state index in [1.165, 1.54) is 71.3 Å². The number of aryl methyl sites for hydroxylation is 1. The zero-order chi connectivity index (χ0) is 28.6. The van der Waals surface area contributed by atoms with Crippen molar-refractivity contribution in [1.29, 1.82) is 0 Å². The largest absolute Gasteiger partial charge is 0.359 e. The molecule has 0 unspecified atom stereocenters. The number of allylic oxidation sites excluding steroid dienone is 1. The van der Waals surface area contributed by atoms with Crippen molar-refractivity contribution in [3.8, 4) is 33.4 Å². The van der Waals surface area contributed by atoms with Crippen LogP contribution < -0.4 is 5.32 Å². The van der Waals surface area contributed by atoms with Gasteiger partial charge in [0.15, 0.2) is 0 Å². The summed E-state index contributed by atoms with van der Waals surface area (Å²) in [5, 5.41) is 11.2. The van der Waals surface area contributed by atoms with E-state index in [1.807, 2.05) is 0 Å². The number of anilines is 1. The summed E-state index contributed by atoms with van der Waals surface area (Å²) >= 11 is 0. The average Bonchev–Trinajstić information content (AvgIpc) is 3.04. The minimum atomic E-state index is 0.878. The van der Waals surface area contributed by atoms with Crippen LogP contribution in [0.2, 0.25) is 0 Å². The molecule has 0 saturated carbocycles. The minimum absolute atomic E-state index is 0.878. The quantitative estimate of drug-likeness (QED) is 0.207. The standard InChI is InChI=1S/C41H33N/c1-4-28(3)42-41-27(2)14-12-22-33(41)31-24-25-37-38(26-31)40(34-23-13-18-29-15-8-9-19-32(29)34)36-21-11-10-20-35(36)39(37)30-16-6-5-7-17-30/h5-26,42H,3-4H2,1-2H3. The van der Waals surface area contributed by atoms with Crippen molar-refractivity contribution >= 4 is 38.0 Å². The topological polar surface area (TPSA) is 12.0 Å². The Balaban J connectivity index is 1.63. The molecule has 42 heavy (non-hydrogen) atoms. The lowest BCUT2D eigenvalue weighted by Crippen LogP contribution is -2.01. The SMILES string of the molecule is C=C(CC)Nc1c(C)cccc1-c1ccc2c(-c3ccccc3)c3ccccc3c(-c3cccc4ccccc34)c2c1. The molecule has 0 aromatic heterocycles. The number of hydrogen-bond acceptors (Lipinski definition) is 1. The average molecular weight is 540 g/mol. The molecule has 0 aliphatic carbocycles. The number of rotatable bonds is 6. The molecule has 7 rings (SSSR count). The lowest BCUT2D eigenvalue weighted by atomic mass is 9.83. The Morgan fingerprint density at radius 3 is 1.95 bits per heavy atom. The zero-order valence-corrected chi connectivity index (χ0v) is 24.1. The third-order valence-corrected chi connectivity index (χ3v) is 8.46. The van der Waals surface area contributed by atoms with Gasteiger partial charge < -0.3 is 5.32 Å². The minimum Gasteiger partial charge on any atom is -0.359 e. The lowest BCUT2D eigenvalue weighted by molar-refractivity contribution is 1.11. The Morgan fingerprint density at radius 1 is 0.548 bits per heavy atom. The maximum Gasteiger partial charge on any atom is 0.0491 e. The number of para-hydroxylation sites is 1. The van der Waals surface area contributed by atoms with Gasteiger partial charge in [0.2, 0.25) is 0 Å². The van der Waals surface area contributed by atoms with E-state index < -0.39 is 0 Å². The predicted octanol–water partition coefficient (Wildman–Crippen LogP) is 11.8. The Labute approximate surface area is 247 Å². The summed E-state index contributed by atoms with van der Waals surface area (Å²) in [6.45, 7) is 8.55. The van der Waals surface area contributed by atoms with E-state index in [2.05, 4.69) is 159 Å². The summed E-state index contributed by atoms with van der Waals surface area (Å²) < 4.78 is 0. The van der Waals surface area contributed by atoms with Crippen LogP contribution in [-0.2, 0) is 0 Å². The van der Waals surface area contributed by atoms with E-state index in [4.69, 9.17) is 0 Å². The van der Waals surface area contributed by atoms with Crippen molar-refractivity contribution in [1.82, 2.24) is 0 Å². The molecule has 0 heterocycles. The first-order chi connectivity index (χ1) is 20.6. The summed E-state index contributed by atoms with van der Waals surface area (Å²) in [5.41, 5.74) is 10.8. The third-order valence-electron chi connectivity index (χ3n) is 8.46. The van der Waals surface area contributed by atoms with Crippen LogP contribution in [0.4, 0.5) is 5.69 Å². The maximum atomic E-state index is 4.25. The van der Waals surface area contributed by atoms with Gasteiger partial charge in [0.05, 0.1) is 0 Å². The molecule has 7 aromatic rings. The highest BCUT2D eigenvalue weighted by Gasteiger charge is 2.19. The highest BCUT2D eigenvalue weighted by atomic mass is 14.9. The van der Waals surface area contributed by atoms with Crippen molar-refractivity contribution in [2.24, 2.45) is 0 Å². The van der Waals surface area contributed by atoms with Crippen LogP contribution in [-0.4, -0.2) is 0 Å². The molecule has 0 saturated heterocycles. The van der Waals surface area contributed by atoms with Crippen LogP contribution in [0.5, 0.6) is 0 Å². The molecule has 0 aliphatic heterocycles. The van der Waals surface area contributed by atoms with Crippen LogP contribution in [0, 0.1) is 6.92 Å². The van der Waals surface area contributed by atoms with Crippen LogP contribution in [0.1, 0.15) is 18.9 Å². The molecule has 0 spiro atoms. The van der Waals surface area contributed by atoms with E-state index in [-0.39, 0.29) is 0 Å². The second-order valence-electron chi connectivity index (χ2n) is 11.0. The number of hydrogen-bond donors (Lipinski definition) is 1. The normalized spacial score (nSPS) is 11.3. The molecule has 7 aromatic carbocycles. The first-order valence-electron chi connectivity index (χ1n) is 14.7. The smallest absolute Gasteiger partial charge is 0.0491 e. The summed E-state index contributed by atoms with van der Waals surface area (Å²) in [7, 11) is 0. The van der Waals surface area contributed by atoms with Crippen LogP contribution in [0.15, 0.2) is 146 Å². The zero-order valence-electron chi connectivity index (χ0n) is 24.1. The van der Waals surface area contributed by atoms with Crippen LogP contribution in [0.3, 0.4) is 0 Å². The van der Waals surface area contributed by atoms with E-state index in [0.717, 1.165) is 17.8 Å². The Kier molecular flexibility index (Phi) is 6.56. The summed E-state index contributed by atoms with van der Waals surface area (Å²) in [6, 6.07) is 48.6. The molecule has 0 aliphatic rings. The third kappa shape index (κ3) is 4.35. The fraction of sp³-hybridized carbons (Fsp3) is 0.0732. The van der Waals surface area contributed by atoms with Crippen LogP contribution in [0.25, 0.3) is 65.7 Å². The van der Waals surface area contributed by atoms with Gasteiger partial charge in [-0.3, -0.25) is 0 Å². The van der Waals surface area contributed by atoms with Gasteiger partial charge in [0.1, 0.15) is 0 Å². The predicted molar refractivity (Wildman–Crippen MR) is 183 cm³/mol. The molecule has 0 atom stereocenters. The van der Waals surface area contributed by atoms with Crippen molar-refractivity contribution in [3.05, 3.63) is 151 Å². The molecule has 1 N–H and O–H groups in total. The highest BCUT2D eigenvalue weighted by molar-refractivity contribution is 6.24. The van der Waals surface area contributed by atoms with Crippen molar-refractivity contribution in [2.45, 2.75) is 20.3 Å². The van der Waals surface area contributed by atoms with Crippen molar-refractivity contribution in [3.63, 3.8) is 0 Å². The number of nitrogens with one attached hydrogen (secondary N) is 1. The lowest BCUT2D eigenvalue weighted by Gasteiger charge is -2.21. The first-order valence-corrected chi connectivity index (χ1v) is 14.7. The molecule has 202 valence electrons. The summed E-state index contributed by atoms with van der Waals surface area (Å²) in [4.78, 5) is 0. The van der Waals surface area contributed by atoms with E-state index in [0.29, 0.717) is 0 Å². The molecule has 0 fully saturated rings. The summed E-state index contributed by atoms with van der Waals surface area (Å²) in [6.07, 6.45) is 0.878. The van der Waals surface area contributed by atoms with Gasteiger partial charge in [-0.2, -0.15) is 0 Å². The second kappa shape index (κ2) is 10.7. The van der Waals surface area contributed by atoms with Gasteiger partial charge >= 0.3 is 0 Å². The van der Waals surface area contributed by atoms with E-state index in [1.54, 1.807) is 0 Å². The summed E-state index contributed by atoms with van der Waals surface area (Å²) in [5.74, 6) is 0. The Bertz CT molecular complexity index is 2110. The number of benzene rings is 7. The molecule has 0 radical (unpaired) electrons. The second-order valence-corrected chi connectivity index (χ2v) is 11.0. The van der Waals surface area contributed by atoms with Gasteiger partial charge in [-0.25, -0.2) is 0 Å². The van der Waals surface area contributed by atoms with Crippen LogP contribution >= 0.6 is 0 Å². The van der Waals surface area contributed by atoms with Crippen molar-refractivity contribution < 1.29 is 0 Å². The Hall–Kier alpha value is -5.14. The van der Waals surface area contributed by atoms with Gasteiger partial charge in [0.25, 0.3) is 0 Å². The van der Waals surface area contributed by atoms with Crippen molar-refractivity contribution in [2.75, 3.05) is 5.32 Å². The highest BCUT2D eigenvalue weighted by Crippen LogP contribution is 2.46. The number of fused-ring (bicyclic) bond motifs is 3. The maximum absolute atomic E-state index is 4.25. The monoisotopic (exact) mass is 539 g/mol. The van der Waals surface area contributed by atoms with Gasteiger partial charge in [-0.1, -0.05) is 141 Å². The van der Waals surface area contributed by atoms with E-state index >= 15 is 0 Å². The molecule has 0 bridgehead atoms. The van der Waals surface area contributed by atoms with E-state index in [9.17, 15) is 0 Å². The fourth-order valence-electron chi connectivity index (χ4n) is 6.33. The Morgan fingerprint density at radius 2 is 1.17 bits per heavy atom. The van der Waals surface area contributed by atoms with Gasteiger partial charge in [-0.05, 0) is 85.1 Å². The molecular formula is C41H33N. The molecule has 0 amide bonds. The fourth-order valence-corrected chi connectivity index (χ4v) is 6.33. The van der Waals surface area contributed by atoms with Gasteiger partial charge in [0, 0.05) is 16.9 Å². The first kappa shape index (κ1) is 25.8. The van der Waals surface area contributed by atoms with Gasteiger partial charge in [-0.15, -0.1) is 0 Å². The molecule has 1 heteroatoms. The molecular weight excluding hydrogens is 506 g/mol.